The van der Waals surface area contributed by atoms with E-state index in [9.17, 15) is 4.79 Å². The van der Waals surface area contributed by atoms with Gasteiger partial charge in [-0.15, -0.1) is 0 Å². The quantitative estimate of drug-likeness (QED) is 0.833. The fourth-order valence-corrected chi connectivity index (χ4v) is 2.34. The molecule has 1 aromatic heterocycles. The normalized spacial score (nSPS) is 15.2. The molecule has 1 aliphatic heterocycles. The van der Waals surface area contributed by atoms with Gasteiger partial charge in [-0.1, -0.05) is 6.07 Å². The highest BCUT2D eigenvalue weighted by atomic mass is 16.6. The highest BCUT2D eigenvalue weighted by molar-refractivity contribution is 5.67. The van der Waals surface area contributed by atoms with Gasteiger partial charge >= 0.3 is 6.09 Å². The lowest BCUT2D eigenvalue weighted by Gasteiger charge is -2.26. The molecule has 0 saturated carbocycles. The summed E-state index contributed by atoms with van der Waals surface area (Å²) < 4.78 is 5.48. The zero-order valence-corrected chi connectivity index (χ0v) is 13.7. The van der Waals surface area contributed by atoms with E-state index in [1.54, 1.807) is 18.1 Å². The number of aromatic nitrogens is 1. The van der Waals surface area contributed by atoms with E-state index in [4.69, 9.17) is 14.6 Å². The molecule has 7 heteroatoms. The summed E-state index contributed by atoms with van der Waals surface area (Å²) in [5.41, 5.74) is 0.986. The number of carbonyl (C=O) groups excluding carboxylic acids is 1. The number of pyridine rings is 1. The van der Waals surface area contributed by atoms with Crippen molar-refractivity contribution in [3.8, 4) is 0 Å². The number of carbonyl (C=O) groups is 2. The van der Waals surface area contributed by atoms with Gasteiger partial charge in [-0.25, -0.2) is 4.79 Å². The number of ether oxygens (including phenoxy) is 1. The largest absolute Gasteiger partial charge is 0.483 e. The van der Waals surface area contributed by atoms with Crippen molar-refractivity contribution in [3.05, 3.63) is 30.1 Å². The molecule has 0 aliphatic carbocycles. The van der Waals surface area contributed by atoms with Gasteiger partial charge in [-0.3, -0.25) is 14.7 Å². The van der Waals surface area contributed by atoms with Crippen molar-refractivity contribution < 1.29 is 19.4 Å². The molecule has 7 nitrogen and oxygen atoms in total. The third-order valence-electron chi connectivity index (χ3n) is 3.67. The summed E-state index contributed by atoms with van der Waals surface area (Å²) in [4.78, 5) is 28.4. The first-order valence-electron chi connectivity index (χ1n) is 7.72. The van der Waals surface area contributed by atoms with Crippen LogP contribution in [0, 0.1) is 0 Å². The van der Waals surface area contributed by atoms with Crippen LogP contribution in [-0.2, 0) is 16.0 Å². The van der Waals surface area contributed by atoms with Crippen molar-refractivity contribution in [3.63, 3.8) is 0 Å². The highest BCUT2D eigenvalue weighted by Crippen LogP contribution is 2.13. The van der Waals surface area contributed by atoms with Crippen LogP contribution in [-0.4, -0.2) is 65.4 Å². The van der Waals surface area contributed by atoms with E-state index < -0.39 is 0 Å². The molecule has 1 saturated heterocycles. The minimum absolute atomic E-state index is 0.137. The zero-order chi connectivity index (χ0) is 17.1. The molecule has 2 rings (SSSR count). The van der Waals surface area contributed by atoms with Crippen LogP contribution < -0.4 is 0 Å². The molecule has 1 atom stereocenters. The van der Waals surface area contributed by atoms with Crippen molar-refractivity contribution in [2.75, 3.05) is 26.7 Å². The van der Waals surface area contributed by atoms with Crippen molar-refractivity contribution in [2.24, 2.45) is 0 Å². The van der Waals surface area contributed by atoms with Crippen molar-refractivity contribution >= 4 is 12.6 Å². The van der Waals surface area contributed by atoms with Gasteiger partial charge in [0.05, 0.1) is 0 Å². The van der Waals surface area contributed by atoms with E-state index in [0.717, 1.165) is 25.2 Å². The molecule has 1 aromatic rings. The van der Waals surface area contributed by atoms with E-state index in [-0.39, 0.29) is 18.8 Å². The van der Waals surface area contributed by atoms with Crippen LogP contribution in [0.25, 0.3) is 0 Å². The monoisotopic (exact) mass is 323 g/mol. The van der Waals surface area contributed by atoms with E-state index in [1.165, 1.54) is 12.8 Å². The SMILES string of the molecule is CC(OC(=O)N(C)CCc1ccccn1)N1CCCC1.O=CO. The molecule has 0 aromatic carbocycles. The maximum Gasteiger partial charge on any atom is 0.411 e. The van der Waals surface area contributed by atoms with E-state index in [1.807, 2.05) is 25.1 Å². The van der Waals surface area contributed by atoms with Gasteiger partial charge in [0.2, 0.25) is 0 Å². The molecule has 0 spiro atoms. The fraction of sp³-hybridized carbons (Fsp3) is 0.562. The summed E-state index contributed by atoms with van der Waals surface area (Å²) in [6.45, 7) is 4.34. The van der Waals surface area contributed by atoms with E-state index in [2.05, 4.69) is 9.88 Å². The zero-order valence-electron chi connectivity index (χ0n) is 13.7. The van der Waals surface area contributed by atoms with Crippen LogP contribution in [0.5, 0.6) is 0 Å². The number of hydrogen-bond acceptors (Lipinski definition) is 5. The summed E-state index contributed by atoms with van der Waals surface area (Å²) in [6, 6.07) is 5.81. The molecular weight excluding hydrogens is 298 g/mol. The first-order valence-corrected chi connectivity index (χ1v) is 7.72. The lowest BCUT2D eigenvalue weighted by atomic mass is 10.2. The number of hydrogen-bond donors (Lipinski definition) is 1. The highest BCUT2D eigenvalue weighted by Gasteiger charge is 2.22. The standard InChI is InChI=1S/C15H23N3O2.CH2O2/c1-13(18-10-5-6-11-18)20-15(19)17(2)12-8-14-7-3-4-9-16-14;2-1-3/h3-4,7,9,13H,5-6,8,10-12H2,1-2H3;1H,(H,2,3). The van der Waals surface area contributed by atoms with Crippen molar-refractivity contribution in [1.82, 2.24) is 14.8 Å². The molecule has 128 valence electrons. The first kappa shape index (κ1) is 18.9. The third-order valence-corrected chi connectivity index (χ3v) is 3.67. The van der Waals surface area contributed by atoms with Crippen LogP contribution in [0.3, 0.4) is 0 Å². The molecule has 0 radical (unpaired) electrons. The molecule has 2 heterocycles. The van der Waals surface area contributed by atoms with Gasteiger partial charge in [-0.2, -0.15) is 0 Å². The Morgan fingerprint density at radius 2 is 2.13 bits per heavy atom. The lowest BCUT2D eigenvalue weighted by Crippen LogP contribution is -2.39. The Balaban J connectivity index is 0.000000816. The molecular formula is C16H25N3O4. The van der Waals surface area contributed by atoms with Crippen LogP contribution in [0.1, 0.15) is 25.5 Å². The average molecular weight is 323 g/mol. The van der Waals surface area contributed by atoms with Gasteiger partial charge in [-0.05, 0) is 31.9 Å². The predicted molar refractivity (Wildman–Crippen MR) is 86.0 cm³/mol. The number of likely N-dealkylation sites (tertiary alicyclic amines) is 1. The Hall–Kier alpha value is -2.15. The lowest BCUT2D eigenvalue weighted by molar-refractivity contribution is -0.122. The summed E-state index contributed by atoms with van der Waals surface area (Å²) in [5, 5.41) is 6.89. The van der Waals surface area contributed by atoms with Crippen LogP contribution in [0.2, 0.25) is 0 Å². The predicted octanol–water partition coefficient (Wildman–Crippen LogP) is 1.84. The Morgan fingerprint density at radius 3 is 2.70 bits per heavy atom. The number of nitrogens with zero attached hydrogens (tertiary/aromatic N) is 3. The van der Waals surface area contributed by atoms with E-state index >= 15 is 0 Å². The summed E-state index contributed by atoms with van der Waals surface area (Å²) in [6.07, 6.45) is 4.49. The third kappa shape index (κ3) is 7.10. The second-order valence-corrected chi connectivity index (χ2v) is 5.32. The first-order chi connectivity index (χ1) is 11.1. The van der Waals surface area contributed by atoms with Crippen molar-refractivity contribution in [2.45, 2.75) is 32.4 Å². The van der Waals surface area contributed by atoms with Gasteiger partial charge < -0.3 is 14.7 Å². The number of amides is 1. The van der Waals surface area contributed by atoms with Gasteiger partial charge in [0, 0.05) is 45.0 Å². The van der Waals surface area contributed by atoms with Gasteiger partial charge in [0.25, 0.3) is 6.47 Å². The molecule has 1 N–H and O–H groups in total. The second kappa shape index (κ2) is 10.6. The maximum atomic E-state index is 12.0. The van der Waals surface area contributed by atoms with Crippen LogP contribution in [0.15, 0.2) is 24.4 Å². The number of likely N-dealkylation sites (N-methyl/N-ethyl adjacent to an activating group) is 1. The molecule has 1 fully saturated rings. The Kier molecular flexibility index (Phi) is 8.67. The minimum Gasteiger partial charge on any atom is -0.483 e. The van der Waals surface area contributed by atoms with Gasteiger partial charge in [0.15, 0.2) is 6.23 Å². The molecule has 1 amide bonds. The average Bonchev–Trinajstić information content (AvgIpc) is 3.09. The summed E-state index contributed by atoms with van der Waals surface area (Å²) in [5.74, 6) is 0. The molecule has 1 unspecified atom stereocenters. The topological polar surface area (TPSA) is 83.0 Å². The van der Waals surface area contributed by atoms with Crippen LogP contribution in [0.4, 0.5) is 4.79 Å². The molecule has 0 bridgehead atoms. The minimum atomic E-state index is -0.264. The molecule has 23 heavy (non-hydrogen) atoms. The number of carboxylic acid groups (broad SMARTS) is 1. The second-order valence-electron chi connectivity index (χ2n) is 5.32. The summed E-state index contributed by atoms with van der Waals surface area (Å²) in [7, 11) is 1.77. The molecule has 1 aliphatic rings. The Morgan fingerprint density at radius 1 is 1.48 bits per heavy atom. The van der Waals surface area contributed by atoms with Gasteiger partial charge in [0.1, 0.15) is 0 Å². The Bertz CT molecular complexity index is 464. The van der Waals surface area contributed by atoms with E-state index in [0.29, 0.717) is 6.54 Å². The van der Waals surface area contributed by atoms with Crippen LogP contribution >= 0.6 is 0 Å². The summed E-state index contributed by atoms with van der Waals surface area (Å²) >= 11 is 0. The number of rotatable bonds is 5. The fourth-order valence-electron chi connectivity index (χ4n) is 2.34. The maximum absolute atomic E-state index is 12.0. The Labute approximate surface area is 136 Å². The van der Waals surface area contributed by atoms with Crippen molar-refractivity contribution in [1.29, 1.82) is 0 Å². The smallest absolute Gasteiger partial charge is 0.411 e.